The fourth-order valence-corrected chi connectivity index (χ4v) is 1.83. The lowest BCUT2D eigenvalue weighted by Gasteiger charge is -2.21. The average Bonchev–Trinajstić information content (AvgIpc) is 2.86. The van der Waals surface area contributed by atoms with Gasteiger partial charge in [-0.25, -0.2) is 4.79 Å². The molecule has 0 aromatic carbocycles. The van der Waals surface area contributed by atoms with E-state index in [1.807, 2.05) is 6.92 Å². The van der Waals surface area contributed by atoms with Crippen LogP contribution in [0.2, 0.25) is 0 Å². The van der Waals surface area contributed by atoms with E-state index in [4.69, 9.17) is 5.11 Å². The Kier molecular flexibility index (Phi) is 4.82. The Morgan fingerprint density at radius 2 is 2.20 bits per heavy atom. The minimum Gasteiger partial charge on any atom is -0.478 e. The van der Waals surface area contributed by atoms with Gasteiger partial charge < -0.3 is 5.11 Å². The van der Waals surface area contributed by atoms with Gasteiger partial charge in [-0.2, -0.15) is 0 Å². The van der Waals surface area contributed by atoms with Crippen LogP contribution in [0.15, 0.2) is 11.6 Å². The van der Waals surface area contributed by atoms with Gasteiger partial charge in [0.15, 0.2) is 0 Å². The van der Waals surface area contributed by atoms with Crippen molar-refractivity contribution in [3.8, 4) is 0 Å². The predicted molar refractivity (Wildman–Crippen MR) is 60.8 cm³/mol. The van der Waals surface area contributed by atoms with E-state index in [2.05, 4.69) is 11.8 Å². The van der Waals surface area contributed by atoms with Crippen LogP contribution in [0, 0.1) is 5.92 Å². The highest BCUT2D eigenvalue weighted by Crippen LogP contribution is 2.29. The van der Waals surface area contributed by atoms with E-state index >= 15 is 0 Å². The fraction of sp³-hybridized carbons (Fsp3) is 0.750. The molecule has 0 bridgehead atoms. The number of carboxylic acids is 1. The van der Waals surface area contributed by atoms with Gasteiger partial charge in [-0.3, -0.25) is 4.90 Å². The Hall–Kier alpha value is -0.830. The van der Waals surface area contributed by atoms with Crippen LogP contribution >= 0.6 is 0 Å². The van der Waals surface area contributed by atoms with Gasteiger partial charge in [-0.15, -0.1) is 0 Å². The number of carbonyl (C=O) groups is 1. The number of hydrogen-bond donors (Lipinski definition) is 1. The van der Waals surface area contributed by atoms with E-state index < -0.39 is 5.97 Å². The summed E-state index contributed by atoms with van der Waals surface area (Å²) in [4.78, 5) is 12.9. The Balaban J connectivity index is 2.37. The summed E-state index contributed by atoms with van der Waals surface area (Å²) in [7, 11) is 0. The molecule has 0 spiro atoms. The molecule has 1 saturated carbocycles. The molecule has 0 aromatic heterocycles. The molecule has 3 nitrogen and oxygen atoms in total. The molecule has 1 aliphatic rings. The van der Waals surface area contributed by atoms with Crippen molar-refractivity contribution in [2.75, 3.05) is 19.6 Å². The summed E-state index contributed by atoms with van der Waals surface area (Å²) in [5.74, 6) is 0.0320. The quantitative estimate of drug-likeness (QED) is 0.656. The molecule has 1 fully saturated rings. The summed E-state index contributed by atoms with van der Waals surface area (Å²) in [5.41, 5.74) is 0.941. The molecule has 0 atom stereocenters. The molecule has 0 aromatic rings. The number of carboxylic acid groups (broad SMARTS) is 1. The number of nitrogens with zero attached hydrogens (tertiary/aromatic N) is 1. The van der Waals surface area contributed by atoms with Crippen LogP contribution in [-0.4, -0.2) is 35.6 Å². The Bertz CT molecular complexity index is 244. The summed E-state index contributed by atoms with van der Waals surface area (Å²) in [6.07, 6.45) is 5.15. The van der Waals surface area contributed by atoms with Crippen molar-refractivity contribution in [3.05, 3.63) is 11.6 Å². The maximum atomic E-state index is 10.5. The van der Waals surface area contributed by atoms with Crippen molar-refractivity contribution in [1.29, 1.82) is 0 Å². The molecule has 3 heteroatoms. The van der Waals surface area contributed by atoms with Crippen molar-refractivity contribution in [2.45, 2.75) is 33.1 Å². The van der Waals surface area contributed by atoms with Gasteiger partial charge in [-0.05, 0) is 38.6 Å². The first-order valence-corrected chi connectivity index (χ1v) is 5.74. The van der Waals surface area contributed by atoms with E-state index in [0.29, 0.717) is 0 Å². The van der Waals surface area contributed by atoms with Gasteiger partial charge in [0.25, 0.3) is 0 Å². The third-order valence-corrected chi connectivity index (χ3v) is 2.60. The van der Waals surface area contributed by atoms with Gasteiger partial charge in [0, 0.05) is 19.2 Å². The molecule has 0 radical (unpaired) electrons. The molecule has 86 valence electrons. The monoisotopic (exact) mass is 211 g/mol. The SMILES string of the molecule is CCCN(CC(C)=CC(=O)O)CC1CC1. The minimum atomic E-state index is -0.838. The first-order valence-electron chi connectivity index (χ1n) is 5.74. The minimum absolute atomic E-state index is 0.802. The summed E-state index contributed by atoms with van der Waals surface area (Å²) >= 11 is 0. The molecule has 0 amide bonds. The highest BCUT2D eigenvalue weighted by Gasteiger charge is 2.23. The Labute approximate surface area is 91.8 Å². The summed E-state index contributed by atoms with van der Waals surface area (Å²) < 4.78 is 0. The standard InChI is InChI=1S/C12H21NO2/c1-3-6-13(9-11-4-5-11)8-10(2)7-12(14)15/h7,11H,3-6,8-9H2,1-2H3,(H,14,15). The summed E-state index contributed by atoms with van der Waals surface area (Å²) in [6, 6.07) is 0. The lowest BCUT2D eigenvalue weighted by atomic mass is 10.2. The molecular formula is C12H21NO2. The van der Waals surface area contributed by atoms with Crippen molar-refractivity contribution >= 4 is 5.97 Å². The van der Waals surface area contributed by atoms with Crippen LogP contribution in [-0.2, 0) is 4.79 Å². The zero-order chi connectivity index (χ0) is 11.3. The zero-order valence-corrected chi connectivity index (χ0v) is 9.70. The van der Waals surface area contributed by atoms with Gasteiger partial charge >= 0.3 is 5.97 Å². The maximum absolute atomic E-state index is 10.5. The Morgan fingerprint density at radius 3 is 2.67 bits per heavy atom. The van der Waals surface area contributed by atoms with Crippen molar-refractivity contribution in [1.82, 2.24) is 4.90 Å². The van der Waals surface area contributed by atoms with E-state index in [1.54, 1.807) is 0 Å². The number of rotatable bonds is 7. The smallest absolute Gasteiger partial charge is 0.328 e. The van der Waals surface area contributed by atoms with Gasteiger partial charge in [0.05, 0.1) is 0 Å². The lowest BCUT2D eigenvalue weighted by molar-refractivity contribution is -0.131. The molecule has 0 saturated heterocycles. The first-order chi connectivity index (χ1) is 7.11. The second-order valence-electron chi connectivity index (χ2n) is 4.51. The maximum Gasteiger partial charge on any atom is 0.328 e. The second kappa shape index (κ2) is 5.91. The molecule has 15 heavy (non-hydrogen) atoms. The highest BCUT2D eigenvalue weighted by molar-refractivity contribution is 5.80. The Morgan fingerprint density at radius 1 is 1.53 bits per heavy atom. The van der Waals surface area contributed by atoms with Gasteiger partial charge in [0.2, 0.25) is 0 Å². The molecule has 1 aliphatic carbocycles. The summed E-state index contributed by atoms with van der Waals surface area (Å²) in [5, 5.41) is 8.63. The average molecular weight is 211 g/mol. The molecule has 0 aliphatic heterocycles. The van der Waals surface area contributed by atoms with Crippen LogP contribution in [0.1, 0.15) is 33.1 Å². The number of hydrogen-bond acceptors (Lipinski definition) is 2. The zero-order valence-electron chi connectivity index (χ0n) is 9.70. The van der Waals surface area contributed by atoms with Crippen molar-refractivity contribution < 1.29 is 9.90 Å². The largest absolute Gasteiger partial charge is 0.478 e. The predicted octanol–water partition coefficient (Wildman–Crippen LogP) is 2.14. The highest BCUT2D eigenvalue weighted by atomic mass is 16.4. The second-order valence-corrected chi connectivity index (χ2v) is 4.51. The van der Waals surface area contributed by atoms with Crippen LogP contribution < -0.4 is 0 Å². The lowest BCUT2D eigenvalue weighted by Crippen LogP contribution is -2.28. The number of aliphatic carboxylic acids is 1. The normalized spacial score (nSPS) is 17.1. The van der Waals surface area contributed by atoms with Gasteiger partial charge in [0.1, 0.15) is 0 Å². The molecule has 0 unspecified atom stereocenters. The third kappa shape index (κ3) is 5.57. The third-order valence-electron chi connectivity index (χ3n) is 2.60. The van der Waals surface area contributed by atoms with E-state index in [9.17, 15) is 4.79 Å². The van der Waals surface area contributed by atoms with Crippen LogP contribution in [0.3, 0.4) is 0 Å². The summed E-state index contributed by atoms with van der Waals surface area (Å²) in [6.45, 7) is 7.07. The van der Waals surface area contributed by atoms with Gasteiger partial charge in [-0.1, -0.05) is 12.5 Å². The van der Waals surface area contributed by atoms with Crippen molar-refractivity contribution in [3.63, 3.8) is 0 Å². The molecule has 0 heterocycles. The van der Waals surface area contributed by atoms with E-state index in [0.717, 1.165) is 37.5 Å². The van der Waals surface area contributed by atoms with E-state index in [-0.39, 0.29) is 0 Å². The van der Waals surface area contributed by atoms with Crippen molar-refractivity contribution in [2.24, 2.45) is 5.92 Å². The van der Waals surface area contributed by atoms with Crippen LogP contribution in [0.5, 0.6) is 0 Å². The van der Waals surface area contributed by atoms with Crippen LogP contribution in [0.25, 0.3) is 0 Å². The van der Waals surface area contributed by atoms with Crippen LogP contribution in [0.4, 0.5) is 0 Å². The van der Waals surface area contributed by atoms with E-state index in [1.165, 1.54) is 18.9 Å². The molecule has 1 N–H and O–H groups in total. The first kappa shape index (κ1) is 12.2. The fourth-order valence-electron chi connectivity index (χ4n) is 1.83. The topological polar surface area (TPSA) is 40.5 Å². The molecular weight excluding hydrogens is 190 g/mol. The molecule has 1 rings (SSSR count).